The van der Waals surface area contributed by atoms with E-state index >= 15 is 0 Å². The monoisotopic (exact) mass is 235 g/mol. The maximum absolute atomic E-state index is 5.62. The fraction of sp³-hybridized carbons (Fsp3) is 0.600. The molecule has 1 N–H and O–H groups in total. The number of hydrogen-bond donors (Lipinski definition) is 1. The third-order valence-corrected chi connectivity index (χ3v) is 2.66. The molecule has 0 spiro atoms. The van der Waals surface area contributed by atoms with Gasteiger partial charge in [0.1, 0.15) is 0 Å². The molecular weight excluding hydrogens is 210 g/mol. The molecule has 0 bridgehead atoms. The van der Waals surface area contributed by atoms with E-state index in [0.717, 1.165) is 32.7 Å². The highest BCUT2D eigenvalue weighted by Crippen LogP contribution is 2.07. The predicted octanol–water partition coefficient (Wildman–Crippen LogP) is 3.50. The normalized spacial score (nSPS) is 10.7. The highest BCUT2D eigenvalue weighted by molar-refractivity contribution is 5.22. The van der Waals surface area contributed by atoms with E-state index in [1.54, 1.807) is 0 Å². The summed E-state index contributed by atoms with van der Waals surface area (Å²) in [6.07, 6.45) is 3.53. The molecular formula is C15H25NO. The molecule has 0 amide bonds. The molecule has 0 unspecified atom stereocenters. The second kappa shape index (κ2) is 9.20. The van der Waals surface area contributed by atoms with Crippen LogP contribution in [0.2, 0.25) is 0 Å². The lowest BCUT2D eigenvalue weighted by Crippen LogP contribution is -2.13. The number of hydrogen-bond acceptors (Lipinski definition) is 2. The Labute approximate surface area is 105 Å². The van der Waals surface area contributed by atoms with Crippen LogP contribution < -0.4 is 5.32 Å². The molecule has 17 heavy (non-hydrogen) atoms. The van der Waals surface area contributed by atoms with Crippen molar-refractivity contribution in [2.75, 3.05) is 13.2 Å². The first-order valence-electron chi connectivity index (χ1n) is 6.73. The van der Waals surface area contributed by atoms with Gasteiger partial charge in [0.25, 0.3) is 0 Å². The van der Waals surface area contributed by atoms with Crippen molar-refractivity contribution in [3.63, 3.8) is 0 Å². The Morgan fingerprint density at radius 3 is 2.71 bits per heavy atom. The highest BCUT2D eigenvalue weighted by Gasteiger charge is 1.96. The van der Waals surface area contributed by atoms with Crippen molar-refractivity contribution in [3.05, 3.63) is 35.4 Å². The first kappa shape index (κ1) is 14.2. The molecule has 0 atom stereocenters. The molecule has 0 radical (unpaired) electrons. The highest BCUT2D eigenvalue weighted by atomic mass is 16.5. The number of rotatable bonds is 9. The second-order valence-corrected chi connectivity index (χ2v) is 4.40. The minimum atomic E-state index is 0.738. The van der Waals surface area contributed by atoms with Gasteiger partial charge in [0.2, 0.25) is 0 Å². The summed E-state index contributed by atoms with van der Waals surface area (Å²) >= 11 is 0. The number of unbranched alkanes of at least 4 members (excludes halogenated alkanes) is 1. The minimum Gasteiger partial charge on any atom is -0.377 e. The molecule has 0 fully saturated rings. The Balaban J connectivity index is 2.31. The Morgan fingerprint density at radius 2 is 1.94 bits per heavy atom. The van der Waals surface area contributed by atoms with E-state index < -0.39 is 0 Å². The first-order chi connectivity index (χ1) is 8.36. The fourth-order valence-electron chi connectivity index (χ4n) is 1.68. The van der Waals surface area contributed by atoms with Crippen LogP contribution in [0.1, 0.15) is 44.2 Å². The van der Waals surface area contributed by atoms with E-state index in [9.17, 15) is 0 Å². The topological polar surface area (TPSA) is 21.3 Å². The van der Waals surface area contributed by atoms with Crippen molar-refractivity contribution < 1.29 is 4.74 Å². The number of nitrogens with one attached hydrogen (secondary N) is 1. The van der Waals surface area contributed by atoms with E-state index in [2.05, 4.69) is 43.4 Å². The summed E-state index contributed by atoms with van der Waals surface area (Å²) in [4.78, 5) is 0. The standard InChI is InChI=1S/C15H25NO/c1-3-5-10-17-13-15-8-6-7-14(11-15)12-16-9-4-2/h6-8,11,16H,3-5,9-10,12-13H2,1-2H3. The Morgan fingerprint density at radius 1 is 1.12 bits per heavy atom. The van der Waals surface area contributed by atoms with Crippen LogP contribution in [0.4, 0.5) is 0 Å². The van der Waals surface area contributed by atoms with Crippen LogP contribution in [0, 0.1) is 0 Å². The summed E-state index contributed by atoms with van der Waals surface area (Å²) in [5, 5.41) is 3.41. The quantitative estimate of drug-likeness (QED) is 0.661. The van der Waals surface area contributed by atoms with Crippen molar-refractivity contribution in [1.82, 2.24) is 5.32 Å². The van der Waals surface area contributed by atoms with Gasteiger partial charge in [-0.1, -0.05) is 44.5 Å². The molecule has 1 rings (SSSR count). The minimum absolute atomic E-state index is 0.738. The van der Waals surface area contributed by atoms with Crippen molar-refractivity contribution in [2.24, 2.45) is 0 Å². The zero-order chi connectivity index (χ0) is 12.3. The van der Waals surface area contributed by atoms with Crippen LogP contribution in [0.3, 0.4) is 0 Å². The molecule has 1 aromatic carbocycles. The molecule has 0 aliphatic rings. The van der Waals surface area contributed by atoms with Gasteiger partial charge in [-0.15, -0.1) is 0 Å². The average Bonchev–Trinajstić information content (AvgIpc) is 2.36. The number of benzene rings is 1. The number of ether oxygens (including phenoxy) is 1. The van der Waals surface area contributed by atoms with Gasteiger partial charge in [-0.2, -0.15) is 0 Å². The van der Waals surface area contributed by atoms with Crippen LogP contribution in [0.5, 0.6) is 0 Å². The van der Waals surface area contributed by atoms with Crippen LogP contribution in [-0.2, 0) is 17.9 Å². The largest absolute Gasteiger partial charge is 0.377 e. The van der Waals surface area contributed by atoms with E-state index in [0.29, 0.717) is 0 Å². The van der Waals surface area contributed by atoms with E-state index in [4.69, 9.17) is 4.74 Å². The lowest BCUT2D eigenvalue weighted by atomic mass is 10.1. The fourth-order valence-corrected chi connectivity index (χ4v) is 1.68. The van der Waals surface area contributed by atoms with E-state index in [1.807, 2.05) is 0 Å². The van der Waals surface area contributed by atoms with Gasteiger partial charge in [-0.3, -0.25) is 0 Å². The van der Waals surface area contributed by atoms with Gasteiger partial charge in [0.05, 0.1) is 6.61 Å². The molecule has 0 saturated heterocycles. The second-order valence-electron chi connectivity index (χ2n) is 4.40. The summed E-state index contributed by atoms with van der Waals surface area (Å²) in [5.74, 6) is 0. The lowest BCUT2D eigenvalue weighted by Gasteiger charge is -2.07. The van der Waals surface area contributed by atoms with Crippen molar-refractivity contribution in [2.45, 2.75) is 46.3 Å². The van der Waals surface area contributed by atoms with Gasteiger partial charge < -0.3 is 10.1 Å². The molecule has 1 aromatic rings. The summed E-state index contributed by atoms with van der Waals surface area (Å²) in [7, 11) is 0. The summed E-state index contributed by atoms with van der Waals surface area (Å²) < 4.78 is 5.62. The maximum atomic E-state index is 5.62. The maximum Gasteiger partial charge on any atom is 0.0716 e. The van der Waals surface area contributed by atoms with Crippen LogP contribution >= 0.6 is 0 Å². The third-order valence-electron chi connectivity index (χ3n) is 2.66. The smallest absolute Gasteiger partial charge is 0.0716 e. The molecule has 0 heterocycles. The lowest BCUT2D eigenvalue weighted by molar-refractivity contribution is 0.118. The van der Waals surface area contributed by atoms with Gasteiger partial charge in [0.15, 0.2) is 0 Å². The zero-order valence-electron chi connectivity index (χ0n) is 11.2. The Kier molecular flexibility index (Phi) is 7.69. The Hall–Kier alpha value is -0.860. The summed E-state index contributed by atoms with van der Waals surface area (Å²) in [6.45, 7) is 8.01. The van der Waals surface area contributed by atoms with Gasteiger partial charge in [0, 0.05) is 13.2 Å². The third kappa shape index (κ3) is 6.44. The predicted molar refractivity (Wildman–Crippen MR) is 73.0 cm³/mol. The van der Waals surface area contributed by atoms with E-state index in [1.165, 1.54) is 24.0 Å². The molecule has 0 aliphatic heterocycles. The van der Waals surface area contributed by atoms with Crippen molar-refractivity contribution in [1.29, 1.82) is 0 Å². The summed E-state index contributed by atoms with van der Waals surface area (Å²) in [6, 6.07) is 8.64. The molecule has 0 saturated carbocycles. The zero-order valence-corrected chi connectivity index (χ0v) is 11.2. The molecule has 0 aliphatic carbocycles. The SMILES string of the molecule is CCCCOCc1cccc(CNCCC)c1. The van der Waals surface area contributed by atoms with Gasteiger partial charge in [-0.05, 0) is 30.5 Å². The molecule has 2 heteroatoms. The van der Waals surface area contributed by atoms with Crippen molar-refractivity contribution >= 4 is 0 Å². The first-order valence-corrected chi connectivity index (χ1v) is 6.73. The van der Waals surface area contributed by atoms with Crippen LogP contribution in [0.25, 0.3) is 0 Å². The van der Waals surface area contributed by atoms with Crippen LogP contribution in [0.15, 0.2) is 24.3 Å². The van der Waals surface area contributed by atoms with E-state index in [-0.39, 0.29) is 0 Å². The van der Waals surface area contributed by atoms with Gasteiger partial charge >= 0.3 is 0 Å². The Bertz CT molecular complexity index is 299. The summed E-state index contributed by atoms with van der Waals surface area (Å²) in [5.41, 5.74) is 2.62. The molecule has 96 valence electrons. The van der Waals surface area contributed by atoms with Crippen LogP contribution in [-0.4, -0.2) is 13.2 Å². The molecule has 2 nitrogen and oxygen atoms in total. The molecule has 0 aromatic heterocycles. The van der Waals surface area contributed by atoms with Crippen molar-refractivity contribution in [3.8, 4) is 0 Å². The van der Waals surface area contributed by atoms with Gasteiger partial charge in [-0.25, -0.2) is 0 Å². The average molecular weight is 235 g/mol.